The van der Waals surface area contributed by atoms with E-state index in [2.05, 4.69) is 4.98 Å². The smallest absolute Gasteiger partial charge is 0.265 e. The maximum absolute atomic E-state index is 12.5. The van der Waals surface area contributed by atoms with Crippen LogP contribution in [0.2, 0.25) is 0 Å². The van der Waals surface area contributed by atoms with Crippen LogP contribution in [0, 0.1) is 10.5 Å². The normalized spacial score (nSPS) is 10.9. The van der Waals surface area contributed by atoms with Gasteiger partial charge in [0.1, 0.15) is 0 Å². The zero-order valence-electron chi connectivity index (χ0n) is 7.02. The van der Waals surface area contributed by atoms with Crippen molar-refractivity contribution in [1.29, 1.82) is 0 Å². The predicted octanol–water partition coefficient (Wildman–Crippen LogP) is 2.39. The number of aromatic nitrogens is 1. The van der Waals surface area contributed by atoms with E-state index in [1.165, 1.54) is 6.20 Å². The van der Waals surface area contributed by atoms with Gasteiger partial charge in [-0.2, -0.15) is 0 Å². The molecule has 2 N–H and O–H groups in total. The minimum Gasteiger partial charge on any atom is -0.325 e. The summed E-state index contributed by atoms with van der Waals surface area (Å²) in [6.07, 6.45) is -1.03. The first-order chi connectivity index (χ1) is 6.07. The Kier molecular flexibility index (Phi) is 3.55. The lowest BCUT2D eigenvalue weighted by Gasteiger charge is -2.10. The first-order valence-electron chi connectivity index (χ1n) is 3.70. The number of rotatable bonds is 2. The van der Waals surface area contributed by atoms with Crippen LogP contribution in [-0.4, -0.2) is 4.98 Å². The number of hydrogen-bond acceptors (Lipinski definition) is 2. The van der Waals surface area contributed by atoms with Crippen LogP contribution < -0.4 is 5.73 Å². The molecule has 0 saturated heterocycles. The quantitative estimate of drug-likeness (QED) is 0.852. The monoisotopic (exact) mass is 298 g/mol. The van der Waals surface area contributed by atoms with Crippen molar-refractivity contribution < 1.29 is 8.78 Å². The lowest BCUT2D eigenvalue weighted by molar-refractivity contribution is 0.149. The molecule has 1 aromatic rings. The van der Waals surface area contributed by atoms with Crippen molar-refractivity contribution in [3.8, 4) is 0 Å². The Morgan fingerprint density at radius 3 is 2.69 bits per heavy atom. The molecule has 13 heavy (non-hydrogen) atoms. The van der Waals surface area contributed by atoms with Crippen molar-refractivity contribution in [2.24, 2.45) is 5.73 Å². The fourth-order valence-corrected chi connectivity index (χ4v) is 1.89. The van der Waals surface area contributed by atoms with Crippen LogP contribution in [0.25, 0.3) is 0 Å². The van der Waals surface area contributed by atoms with Gasteiger partial charge in [0.25, 0.3) is 6.43 Å². The van der Waals surface area contributed by atoms with E-state index in [1.54, 1.807) is 6.92 Å². The summed E-state index contributed by atoms with van der Waals surface area (Å²) in [7, 11) is 0. The van der Waals surface area contributed by atoms with Gasteiger partial charge in [0.05, 0.1) is 5.69 Å². The topological polar surface area (TPSA) is 38.9 Å². The van der Waals surface area contributed by atoms with Crippen LogP contribution in [0.4, 0.5) is 8.78 Å². The fraction of sp³-hybridized carbons (Fsp3) is 0.375. The highest BCUT2D eigenvalue weighted by Gasteiger charge is 2.17. The lowest BCUT2D eigenvalue weighted by atomic mass is 10.1. The third-order valence-corrected chi connectivity index (χ3v) is 2.70. The SMILES string of the molecule is Cc1c(CN)ncc(I)c1C(F)F. The van der Waals surface area contributed by atoms with Crippen molar-refractivity contribution in [1.82, 2.24) is 4.98 Å². The molecular formula is C8H9F2IN2. The zero-order valence-corrected chi connectivity index (χ0v) is 9.18. The van der Waals surface area contributed by atoms with Gasteiger partial charge in [-0.1, -0.05) is 0 Å². The van der Waals surface area contributed by atoms with E-state index < -0.39 is 6.43 Å². The Labute approximate surface area is 88.7 Å². The van der Waals surface area contributed by atoms with E-state index in [1.807, 2.05) is 22.6 Å². The van der Waals surface area contributed by atoms with Crippen LogP contribution in [0.5, 0.6) is 0 Å². The van der Waals surface area contributed by atoms with Gasteiger partial charge in [0, 0.05) is 21.9 Å². The number of nitrogens with two attached hydrogens (primary N) is 1. The Bertz CT molecular complexity index is 315. The molecule has 0 amide bonds. The Hall–Kier alpha value is -0.300. The van der Waals surface area contributed by atoms with E-state index in [9.17, 15) is 8.78 Å². The highest BCUT2D eigenvalue weighted by Crippen LogP contribution is 2.28. The van der Waals surface area contributed by atoms with Gasteiger partial charge in [-0.05, 0) is 35.1 Å². The number of nitrogens with zero attached hydrogens (tertiary/aromatic N) is 1. The van der Waals surface area contributed by atoms with Crippen LogP contribution in [0.3, 0.4) is 0 Å². The molecule has 72 valence electrons. The second-order valence-electron chi connectivity index (χ2n) is 2.60. The van der Waals surface area contributed by atoms with Gasteiger partial charge in [0.15, 0.2) is 0 Å². The van der Waals surface area contributed by atoms with Crippen molar-refractivity contribution >= 4 is 22.6 Å². The second kappa shape index (κ2) is 4.28. The van der Waals surface area contributed by atoms with Gasteiger partial charge in [-0.3, -0.25) is 4.98 Å². The van der Waals surface area contributed by atoms with Gasteiger partial charge < -0.3 is 5.73 Å². The lowest BCUT2D eigenvalue weighted by Crippen LogP contribution is -2.06. The van der Waals surface area contributed by atoms with Gasteiger partial charge >= 0.3 is 0 Å². The van der Waals surface area contributed by atoms with Crippen molar-refractivity contribution in [3.63, 3.8) is 0 Å². The van der Waals surface area contributed by atoms with Gasteiger partial charge in [-0.15, -0.1) is 0 Å². The standard InChI is InChI=1S/C8H9F2IN2/c1-4-6(2-12)13-3-5(11)7(4)8(9)10/h3,8H,2,12H2,1H3. The van der Waals surface area contributed by atoms with Gasteiger partial charge in [0.2, 0.25) is 0 Å². The zero-order chi connectivity index (χ0) is 10.0. The molecule has 0 atom stereocenters. The van der Waals surface area contributed by atoms with Crippen molar-refractivity contribution in [2.75, 3.05) is 0 Å². The van der Waals surface area contributed by atoms with Crippen LogP contribution in [0.1, 0.15) is 23.2 Å². The minimum absolute atomic E-state index is 0.0519. The molecule has 5 heteroatoms. The summed E-state index contributed by atoms with van der Waals surface area (Å²) >= 11 is 1.85. The molecule has 0 aliphatic carbocycles. The average Bonchev–Trinajstić information content (AvgIpc) is 2.04. The van der Waals surface area contributed by atoms with E-state index >= 15 is 0 Å². The molecule has 0 spiro atoms. The number of hydrogen-bond donors (Lipinski definition) is 1. The van der Waals surface area contributed by atoms with E-state index in [4.69, 9.17) is 5.73 Å². The third-order valence-electron chi connectivity index (χ3n) is 1.84. The second-order valence-corrected chi connectivity index (χ2v) is 3.76. The largest absolute Gasteiger partial charge is 0.325 e. The molecule has 0 aliphatic rings. The molecule has 0 radical (unpaired) electrons. The summed E-state index contributed by atoms with van der Waals surface area (Å²) in [5.41, 5.74) is 6.45. The van der Waals surface area contributed by atoms with Gasteiger partial charge in [-0.25, -0.2) is 8.78 Å². The fourth-order valence-electron chi connectivity index (χ4n) is 1.11. The number of pyridine rings is 1. The minimum atomic E-state index is -2.46. The Morgan fingerprint density at radius 1 is 1.62 bits per heavy atom. The summed E-state index contributed by atoms with van der Waals surface area (Å²) in [6, 6.07) is 0. The average molecular weight is 298 g/mol. The molecule has 1 heterocycles. The van der Waals surface area contributed by atoms with E-state index in [0.717, 1.165) is 0 Å². The molecular weight excluding hydrogens is 289 g/mol. The van der Waals surface area contributed by atoms with Crippen LogP contribution >= 0.6 is 22.6 Å². The summed E-state index contributed by atoms with van der Waals surface area (Å²) < 4.78 is 25.6. The summed E-state index contributed by atoms with van der Waals surface area (Å²) in [6.45, 7) is 1.82. The van der Waals surface area contributed by atoms with E-state index in [-0.39, 0.29) is 12.1 Å². The first kappa shape index (κ1) is 10.8. The van der Waals surface area contributed by atoms with Crippen molar-refractivity contribution in [3.05, 3.63) is 26.6 Å². The third kappa shape index (κ3) is 2.14. The Balaban J connectivity index is 3.30. The highest BCUT2D eigenvalue weighted by atomic mass is 127. The summed E-state index contributed by atoms with van der Waals surface area (Å²) in [5, 5.41) is 0. The Morgan fingerprint density at radius 2 is 2.23 bits per heavy atom. The molecule has 1 rings (SSSR count). The summed E-state index contributed by atoms with van der Waals surface area (Å²) in [5.74, 6) is 0. The molecule has 0 bridgehead atoms. The van der Waals surface area contributed by atoms with E-state index in [0.29, 0.717) is 14.8 Å². The molecule has 0 aliphatic heterocycles. The number of alkyl halides is 2. The molecule has 0 aromatic carbocycles. The van der Waals surface area contributed by atoms with Crippen molar-refractivity contribution in [2.45, 2.75) is 19.9 Å². The van der Waals surface area contributed by atoms with Crippen LogP contribution in [0.15, 0.2) is 6.20 Å². The number of halogens is 3. The maximum atomic E-state index is 12.5. The molecule has 0 saturated carbocycles. The van der Waals surface area contributed by atoms with Crippen LogP contribution in [-0.2, 0) is 6.54 Å². The molecule has 2 nitrogen and oxygen atoms in total. The first-order valence-corrected chi connectivity index (χ1v) is 4.78. The highest BCUT2D eigenvalue weighted by molar-refractivity contribution is 14.1. The summed E-state index contributed by atoms with van der Waals surface area (Å²) in [4.78, 5) is 3.97. The maximum Gasteiger partial charge on any atom is 0.265 e. The molecule has 0 fully saturated rings. The molecule has 1 aromatic heterocycles. The molecule has 0 unspecified atom stereocenters. The predicted molar refractivity (Wildman–Crippen MR) is 54.5 cm³/mol.